The van der Waals surface area contributed by atoms with Gasteiger partial charge in [0.15, 0.2) is 0 Å². The average molecular weight is 266 g/mol. The molecule has 8 heteroatoms. The van der Waals surface area contributed by atoms with Crippen molar-refractivity contribution in [2.75, 3.05) is 18.6 Å². The molecule has 0 heterocycles. The van der Waals surface area contributed by atoms with E-state index < -0.39 is 27.8 Å². The molecule has 0 aliphatic heterocycles. The van der Waals surface area contributed by atoms with E-state index in [2.05, 4.69) is 5.32 Å². The monoisotopic (exact) mass is 266 g/mol. The third-order valence-corrected chi connectivity index (χ3v) is 3.00. The van der Waals surface area contributed by atoms with Crippen LogP contribution in [-0.4, -0.2) is 50.0 Å². The second-order valence-corrected chi connectivity index (χ2v) is 6.03. The third-order valence-electron chi connectivity index (χ3n) is 2.02. The first-order valence-electron chi connectivity index (χ1n) is 5.16. The summed E-state index contributed by atoms with van der Waals surface area (Å²) in [4.78, 5) is 22.1. The molecule has 4 N–H and O–H groups in total. The summed E-state index contributed by atoms with van der Waals surface area (Å²) in [6.45, 7) is 0.342. The number of hydrogen-bond donors (Lipinski definition) is 3. The number of carboxylic acid groups (broad SMARTS) is 1. The Morgan fingerprint density at radius 2 is 2.00 bits per heavy atom. The number of amides is 1. The molecule has 0 aromatic heterocycles. The zero-order valence-corrected chi connectivity index (χ0v) is 10.5. The van der Waals surface area contributed by atoms with Gasteiger partial charge in [0.2, 0.25) is 5.91 Å². The minimum Gasteiger partial charge on any atom is -0.480 e. The molecule has 0 bridgehead atoms. The van der Waals surface area contributed by atoms with Crippen molar-refractivity contribution in [3.63, 3.8) is 0 Å². The van der Waals surface area contributed by atoms with Gasteiger partial charge < -0.3 is 16.2 Å². The molecule has 1 atom stereocenters. The number of nitrogens with one attached hydrogen (secondary N) is 1. The third kappa shape index (κ3) is 8.64. The van der Waals surface area contributed by atoms with E-state index in [-0.39, 0.29) is 18.6 Å². The fourth-order valence-corrected chi connectivity index (χ4v) is 1.78. The number of nitrogens with two attached hydrogens (primary N) is 1. The normalized spacial score (nSPS) is 13.1. The van der Waals surface area contributed by atoms with Crippen LogP contribution in [-0.2, 0) is 19.4 Å². The van der Waals surface area contributed by atoms with Crippen LogP contribution in [0.3, 0.4) is 0 Å². The van der Waals surface area contributed by atoms with Crippen LogP contribution < -0.4 is 11.1 Å². The maximum absolute atomic E-state index is 11.3. The molecular formula is C9H18N2O5S. The van der Waals surface area contributed by atoms with Crippen LogP contribution in [0.25, 0.3) is 0 Å². The Balaban J connectivity index is 4.25. The largest absolute Gasteiger partial charge is 0.480 e. The van der Waals surface area contributed by atoms with Crippen molar-refractivity contribution in [3.8, 4) is 0 Å². The fraction of sp³-hybridized carbons (Fsp3) is 0.778. The van der Waals surface area contributed by atoms with E-state index in [0.29, 0.717) is 13.0 Å². The lowest BCUT2D eigenvalue weighted by Gasteiger charge is -2.13. The first kappa shape index (κ1) is 15.9. The van der Waals surface area contributed by atoms with E-state index in [9.17, 15) is 18.0 Å². The molecule has 0 aliphatic rings. The molecule has 1 unspecified atom stereocenters. The summed E-state index contributed by atoms with van der Waals surface area (Å²) in [6.07, 6.45) is 1.48. The van der Waals surface area contributed by atoms with E-state index in [1.54, 1.807) is 0 Å². The maximum Gasteiger partial charge on any atom is 0.326 e. The standard InChI is InChI=1S/C9H18N2O5S/c1-17(15,16)6-4-7(9(13)14)11-8(12)3-2-5-10/h7H,2-6,10H2,1H3,(H,11,12)(H,13,14). The first-order valence-corrected chi connectivity index (χ1v) is 7.22. The highest BCUT2D eigenvalue weighted by Crippen LogP contribution is 1.98. The summed E-state index contributed by atoms with van der Waals surface area (Å²) >= 11 is 0. The van der Waals surface area contributed by atoms with Crippen LogP contribution >= 0.6 is 0 Å². The predicted octanol–water partition coefficient (Wildman–Crippen LogP) is -1.27. The maximum atomic E-state index is 11.3. The number of aliphatic carboxylic acids is 1. The lowest BCUT2D eigenvalue weighted by atomic mass is 10.2. The quantitative estimate of drug-likeness (QED) is 0.502. The van der Waals surface area contributed by atoms with Crippen LogP contribution in [0.2, 0.25) is 0 Å². The van der Waals surface area contributed by atoms with Gasteiger partial charge in [-0.2, -0.15) is 0 Å². The Morgan fingerprint density at radius 1 is 1.41 bits per heavy atom. The molecule has 0 saturated carbocycles. The second-order valence-electron chi connectivity index (χ2n) is 3.77. The average Bonchev–Trinajstić information content (AvgIpc) is 2.19. The van der Waals surface area contributed by atoms with Gasteiger partial charge in [0.25, 0.3) is 0 Å². The van der Waals surface area contributed by atoms with E-state index in [1.807, 2.05) is 0 Å². The molecule has 0 saturated heterocycles. The zero-order valence-electron chi connectivity index (χ0n) is 9.68. The summed E-state index contributed by atoms with van der Waals surface area (Å²) in [5.41, 5.74) is 5.21. The molecular weight excluding hydrogens is 248 g/mol. The Labute approximate surface area is 100 Å². The van der Waals surface area contributed by atoms with Crippen molar-refractivity contribution < 1.29 is 23.1 Å². The summed E-state index contributed by atoms with van der Waals surface area (Å²) in [7, 11) is -3.24. The molecule has 1 amide bonds. The topological polar surface area (TPSA) is 127 Å². The van der Waals surface area contributed by atoms with E-state index in [0.717, 1.165) is 6.26 Å². The summed E-state index contributed by atoms with van der Waals surface area (Å²) in [5, 5.41) is 11.1. The van der Waals surface area contributed by atoms with Crippen molar-refractivity contribution in [3.05, 3.63) is 0 Å². The summed E-state index contributed by atoms with van der Waals surface area (Å²) < 4.78 is 21.8. The zero-order chi connectivity index (χ0) is 13.5. The van der Waals surface area contributed by atoms with Crippen molar-refractivity contribution in [2.24, 2.45) is 5.73 Å². The van der Waals surface area contributed by atoms with Gasteiger partial charge in [0, 0.05) is 12.7 Å². The second kappa shape index (κ2) is 7.23. The highest BCUT2D eigenvalue weighted by molar-refractivity contribution is 7.90. The predicted molar refractivity (Wildman–Crippen MR) is 62.2 cm³/mol. The number of hydrogen-bond acceptors (Lipinski definition) is 5. The van der Waals surface area contributed by atoms with Gasteiger partial charge in [0.1, 0.15) is 15.9 Å². The van der Waals surface area contributed by atoms with Gasteiger partial charge in [-0.3, -0.25) is 4.79 Å². The van der Waals surface area contributed by atoms with Gasteiger partial charge in [-0.25, -0.2) is 13.2 Å². The molecule has 100 valence electrons. The van der Waals surface area contributed by atoms with Crippen molar-refractivity contribution in [2.45, 2.75) is 25.3 Å². The van der Waals surface area contributed by atoms with Crippen LogP contribution in [0.5, 0.6) is 0 Å². The Morgan fingerprint density at radius 3 is 2.41 bits per heavy atom. The molecule has 0 rings (SSSR count). The molecule has 0 spiro atoms. The van der Waals surface area contributed by atoms with Gasteiger partial charge in [0.05, 0.1) is 5.75 Å². The van der Waals surface area contributed by atoms with Gasteiger partial charge in [-0.1, -0.05) is 0 Å². The molecule has 17 heavy (non-hydrogen) atoms. The number of sulfone groups is 1. The minimum atomic E-state index is -3.24. The minimum absolute atomic E-state index is 0.136. The van der Waals surface area contributed by atoms with Crippen LogP contribution in [0.15, 0.2) is 0 Å². The van der Waals surface area contributed by atoms with Gasteiger partial charge >= 0.3 is 5.97 Å². The lowest BCUT2D eigenvalue weighted by Crippen LogP contribution is -2.41. The van der Waals surface area contributed by atoms with Crippen LogP contribution in [0, 0.1) is 0 Å². The Hall–Kier alpha value is -1.15. The SMILES string of the molecule is CS(=O)(=O)CCC(NC(=O)CCCN)C(=O)O. The highest BCUT2D eigenvalue weighted by Gasteiger charge is 2.21. The Bertz CT molecular complexity index is 366. The molecule has 0 aromatic carbocycles. The number of carboxylic acids is 1. The lowest BCUT2D eigenvalue weighted by molar-refractivity contribution is -0.141. The van der Waals surface area contributed by atoms with Gasteiger partial charge in [-0.15, -0.1) is 0 Å². The van der Waals surface area contributed by atoms with Crippen molar-refractivity contribution in [1.82, 2.24) is 5.32 Å². The van der Waals surface area contributed by atoms with Crippen molar-refractivity contribution >= 4 is 21.7 Å². The number of carbonyl (C=O) groups is 2. The Kier molecular flexibility index (Phi) is 6.74. The van der Waals surface area contributed by atoms with E-state index in [1.165, 1.54) is 0 Å². The number of rotatable bonds is 8. The van der Waals surface area contributed by atoms with E-state index >= 15 is 0 Å². The van der Waals surface area contributed by atoms with Crippen LogP contribution in [0.4, 0.5) is 0 Å². The first-order chi connectivity index (χ1) is 7.76. The fourth-order valence-electron chi connectivity index (χ4n) is 1.12. The van der Waals surface area contributed by atoms with Gasteiger partial charge in [-0.05, 0) is 19.4 Å². The van der Waals surface area contributed by atoms with E-state index in [4.69, 9.17) is 10.8 Å². The molecule has 0 fully saturated rings. The molecule has 0 aliphatic carbocycles. The summed E-state index contributed by atoms with van der Waals surface area (Å²) in [6, 6.07) is -1.17. The smallest absolute Gasteiger partial charge is 0.326 e. The summed E-state index contributed by atoms with van der Waals surface area (Å²) in [5.74, 6) is -1.95. The molecule has 0 radical (unpaired) electrons. The molecule has 0 aromatic rings. The number of carbonyl (C=O) groups excluding carboxylic acids is 1. The van der Waals surface area contributed by atoms with Crippen LogP contribution in [0.1, 0.15) is 19.3 Å². The highest BCUT2D eigenvalue weighted by atomic mass is 32.2. The molecule has 7 nitrogen and oxygen atoms in total. The van der Waals surface area contributed by atoms with Crippen molar-refractivity contribution in [1.29, 1.82) is 0 Å².